The second-order valence-corrected chi connectivity index (χ2v) is 5.60. The van der Waals surface area contributed by atoms with Gasteiger partial charge in [0.05, 0.1) is 11.9 Å². The molecule has 0 amide bonds. The average Bonchev–Trinajstić information content (AvgIpc) is 2.98. The quantitative estimate of drug-likeness (QED) is 0.687. The van der Waals surface area contributed by atoms with Crippen molar-refractivity contribution in [3.8, 4) is 11.5 Å². The van der Waals surface area contributed by atoms with Crippen LogP contribution in [0, 0.1) is 6.92 Å². The van der Waals surface area contributed by atoms with Crippen molar-refractivity contribution in [2.24, 2.45) is 5.10 Å². The maximum absolute atomic E-state index is 5.33. The van der Waals surface area contributed by atoms with Gasteiger partial charge in [0.15, 0.2) is 11.5 Å². The summed E-state index contributed by atoms with van der Waals surface area (Å²) in [5.74, 6) is 1.47. The normalized spacial score (nSPS) is 13.2. The molecular formula is C12H10BrN3O2S. The van der Waals surface area contributed by atoms with Gasteiger partial charge in [-0.15, -0.1) is 11.3 Å². The second kappa shape index (κ2) is 5.18. The number of hydrogen-bond acceptors (Lipinski definition) is 6. The number of aryl methyl sites for hydroxylation is 1. The molecule has 0 unspecified atom stereocenters. The summed E-state index contributed by atoms with van der Waals surface area (Å²) in [6.07, 6.45) is 1.71. The molecule has 1 N–H and O–H groups in total. The van der Waals surface area contributed by atoms with E-state index in [2.05, 4.69) is 31.4 Å². The predicted molar refractivity (Wildman–Crippen MR) is 78.3 cm³/mol. The first kappa shape index (κ1) is 12.4. The number of aromatic nitrogens is 1. The topological polar surface area (TPSA) is 55.7 Å². The molecule has 0 radical (unpaired) electrons. The zero-order valence-electron chi connectivity index (χ0n) is 10.0. The molecule has 3 rings (SSSR count). The molecular weight excluding hydrogens is 330 g/mol. The highest BCUT2D eigenvalue weighted by molar-refractivity contribution is 9.10. The van der Waals surface area contributed by atoms with Gasteiger partial charge in [0, 0.05) is 15.4 Å². The zero-order chi connectivity index (χ0) is 13.2. The van der Waals surface area contributed by atoms with E-state index >= 15 is 0 Å². The van der Waals surface area contributed by atoms with Crippen LogP contribution < -0.4 is 14.9 Å². The highest BCUT2D eigenvalue weighted by atomic mass is 79.9. The Balaban J connectivity index is 1.76. The average molecular weight is 340 g/mol. The third kappa shape index (κ3) is 2.71. The second-order valence-electron chi connectivity index (χ2n) is 3.89. The largest absolute Gasteiger partial charge is 0.454 e. The third-order valence-corrected chi connectivity index (χ3v) is 4.03. The van der Waals surface area contributed by atoms with Crippen LogP contribution in [0.4, 0.5) is 5.13 Å². The van der Waals surface area contributed by atoms with E-state index in [1.807, 2.05) is 24.4 Å². The molecule has 19 heavy (non-hydrogen) atoms. The van der Waals surface area contributed by atoms with Crippen molar-refractivity contribution in [3.05, 3.63) is 33.2 Å². The van der Waals surface area contributed by atoms with E-state index in [0.717, 1.165) is 32.4 Å². The van der Waals surface area contributed by atoms with Gasteiger partial charge in [0.1, 0.15) is 0 Å². The Bertz CT molecular complexity index is 642. The van der Waals surface area contributed by atoms with Gasteiger partial charge < -0.3 is 9.47 Å². The fourth-order valence-electron chi connectivity index (χ4n) is 1.59. The fraction of sp³-hybridized carbons (Fsp3) is 0.167. The molecule has 0 saturated carbocycles. The number of hydrogen-bond donors (Lipinski definition) is 1. The molecule has 2 heterocycles. The molecule has 0 fully saturated rings. The molecule has 0 atom stereocenters. The van der Waals surface area contributed by atoms with Crippen molar-refractivity contribution in [3.63, 3.8) is 0 Å². The van der Waals surface area contributed by atoms with E-state index in [-0.39, 0.29) is 6.79 Å². The van der Waals surface area contributed by atoms with Crippen LogP contribution in [0.1, 0.15) is 11.3 Å². The van der Waals surface area contributed by atoms with Crippen molar-refractivity contribution >= 4 is 38.6 Å². The van der Waals surface area contributed by atoms with E-state index in [0.29, 0.717) is 0 Å². The van der Waals surface area contributed by atoms with Crippen molar-refractivity contribution in [1.29, 1.82) is 0 Å². The van der Waals surface area contributed by atoms with E-state index in [9.17, 15) is 0 Å². The molecule has 7 heteroatoms. The molecule has 0 spiro atoms. The van der Waals surface area contributed by atoms with Gasteiger partial charge in [0.25, 0.3) is 0 Å². The summed E-state index contributed by atoms with van der Waals surface area (Å²) in [5.41, 5.74) is 4.78. The van der Waals surface area contributed by atoms with Gasteiger partial charge in [-0.05, 0) is 35.0 Å². The maximum Gasteiger partial charge on any atom is 0.231 e. The number of hydrazone groups is 1. The van der Waals surface area contributed by atoms with E-state index in [4.69, 9.17) is 9.47 Å². The molecule has 1 aliphatic rings. The highest BCUT2D eigenvalue weighted by Gasteiger charge is 2.15. The Morgan fingerprint density at radius 2 is 2.21 bits per heavy atom. The Kier molecular flexibility index (Phi) is 3.39. The van der Waals surface area contributed by atoms with E-state index in [1.165, 1.54) is 11.3 Å². The maximum atomic E-state index is 5.33. The lowest BCUT2D eigenvalue weighted by Crippen LogP contribution is -1.93. The summed E-state index contributed by atoms with van der Waals surface area (Å²) in [5, 5.41) is 6.89. The molecule has 0 aliphatic carbocycles. The number of anilines is 1. The molecule has 0 saturated heterocycles. The standard InChI is InChI=1S/C12H10BrN3O2S/c1-7-5-19-12(15-7)16-14-4-8-2-10-11(3-9(8)13)18-6-17-10/h2-5H,6H2,1H3,(H,15,16). The molecule has 0 bridgehead atoms. The summed E-state index contributed by atoms with van der Waals surface area (Å²) in [7, 11) is 0. The van der Waals surface area contributed by atoms with Crippen molar-refractivity contribution in [2.45, 2.75) is 6.92 Å². The Morgan fingerprint density at radius 1 is 1.42 bits per heavy atom. The van der Waals surface area contributed by atoms with Crippen molar-refractivity contribution < 1.29 is 9.47 Å². The zero-order valence-corrected chi connectivity index (χ0v) is 12.4. The van der Waals surface area contributed by atoms with Crippen LogP contribution in [-0.4, -0.2) is 18.0 Å². The first-order valence-corrected chi connectivity index (χ1v) is 7.20. The van der Waals surface area contributed by atoms with Gasteiger partial charge >= 0.3 is 0 Å². The van der Waals surface area contributed by atoms with Gasteiger partial charge in [-0.25, -0.2) is 4.98 Å². The number of nitrogens with one attached hydrogen (secondary N) is 1. The van der Waals surface area contributed by atoms with E-state index in [1.54, 1.807) is 6.21 Å². The lowest BCUT2D eigenvalue weighted by Gasteiger charge is -2.01. The first-order chi connectivity index (χ1) is 9.22. The number of ether oxygens (including phenoxy) is 2. The summed E-state index contributed by atoms with van der Waals surface area (Å²) < 4.78 is 11.5. The number of benzene rings is 1. The molecule has 1 aromatic heterocycles. The monoisotopic (exact) mass is 339 g/mol. The number of halogens is 1. The lowest BCUT2D eigenvalue weighted by molar-refractivity contribution is 0.174. The minimum Gasteiger partial charge on any atom is -0.454 e. The minimum absolute atomic E-state index is 0.263. The van der Waals surface area contributed by atoms with Crippen LogP contribution in [0.25, 0.3) is 0 Å². The van der Waals surface area contributed by atoms with Crippen LogP contribution in [0.15, 0.2) is 27.1 Å². The summed E-state index contributed by atoms with van der Waals surface area (Å²) in [6.45, 7) is 2.21. The molecule has 1 aromatic carbocycles. The Hall–Kier alpha value is -1.60. The van der Waals surface area contributed by atoms with E-state index < -0.39 is 0 Å². The number of rotatable bonds is 3. The summed E-state index contributed by atoms with van der Waals surface area (Å²) in [6, 6.07) is 3.75. The van der Waals surface area contributed by atoms with Crippen LogP contribution in [-0.2, 0) is 0 Å². The fourth-order valence-corrected chi connectivity index (χ4v) is 2.66. The summed E-state index contributed by atoms with van der Waals surface area (Å²) >= 11 is 4.99. The minimum atomic E-state index is 0.263. The highest BCUT2D eigenvalue weighted by Crippen LogP contribution is 2.36. The SMILES string of the molecule is Cc1csc(NN=Cc2cc3c(cc2Br)OCO3)n1. The molecule has 2 aromatic rings. The molecule has 1 aliphatic heterocycles. The van der Waals surface area contributed by atoms with Crippen LogP contribution in [0.3, 0.4) is 0 Å². The van der Waals surface area contributed by atoms with Gasteiger partial charge in [-0.1, -0.05) is 0 Å². The van der Waals surface area contributed by atoms with Gasteiger partial charge in [-0.2, -0.15) is 5.10 Å². The smallest absolute Gasteiger partial charge is 0.231 e. The Morgan fingerprint density at radius 3 is 2.95 bits per heavy atom. The number of nitrogens with zero attached hydrogens (tertiary/aromatic N) is 2. The predicted octanol–water partition coefficient (Wildman–Crippen LogP) is 3.39. The summed E-state index contributed by atoms with van der Waals surface area (Å²) in [4.78, 5) is 4.26. The van der Waals surface area contributed by atoms with Gasteiger partial charge in [0.2, 0.25) is 11.9 Å². The van der Waals surface area contributed by atoms with Crippen molar-refractivity contribution in [2.75, 3.05) is 12.2 Å². The van der Waals surface area contributed by atoms with Crippen LogP contribution in [0.2, 0.25) is 0 Å². The Labute approximate surface area is 122 Å². The number of fused-ring (bicyclic) bond motifs is 1. The van der Waals surface area contributed by atoms with Crippen LogP contribution >= 0.6 is 27.3 Å². The molecule has 5 nitrogen and oxygen atoms in total. The number of thiazole rings is 1. The van der Waals surface area contributed by atoms with Gasteiger partial charge in [-0.3, -0.25) is 5.43 Å². The van der Waals surface area contributed by atoms with Crippen LogP contribution in [0.5, 0.6) is 11.5 Å². The third-order valence-electron chi connectivity index (χ3n) is 2.47. The molecule has 98 valence electrons. The lowest BCUT2D eigenvalue weighted by atomic mass is 10.2. The van der Waals surface area contributed by atoms with Crippen molar-refractivity contribution in [1.82, 2.24) is 4.98 Å². The first-order valence-electron chi connectivity index (χ1n) is 5.53.